The van der Waals surface area contributed by atoms with Crippen LogP contribution in [0.25, 0.3) is 111 Å². The molecule has 6 heteroatoms. The summed E-state index contributed by atoms with van der Waals surface area (Å²) in [6.45, 7) is 8.38. The lowest BCUT2D eigenvalue weighted by Crippen LogP contribution is -2.41. The van der Waals surface area contributed by atoms with Crippen molar-refractivity contribution >= 4 is 72.1 Å². The molecule has 4 nitrogen and oxygen atoms in total. The Hall–Kier alpha value is -9.30. The molecule has 0 spiro atoms. The van der Waals surface area contributed by atoms with Crippen LogP contribution in [0, 0.1) is 0 Å². The Labute approximate surface area is 511 Å². The maximum atomic E-state index is 6.33. The Morgan fingerprint density at radius 3 is 1.24 bits per heavy atom. The molecule has 12 aromatic carbocycles. The Kier molecular flexibility index (Phi) is 13.4. The molecule has 2 aromatic heterocycles. The highest BCUT2D eigenvalue weighted by molar-refractivity contribution is 9.10. The van der Waals surface area contributed by atoms with Gasteiger partial charge in [-0.25, -0.2) is 0 Å². The summed E-state index contributed by atoms with van der Waals surface area (Å²) in [7, 11) is -0.373. The van der Waals surface area contributed by atoms with Gasteiger partial charge in [0.15, 0.2) is 0 Å². The summed E-state index contributed by atoms with van der Waals surface area (Å²) in [5.74, 6) is 0. The minimum Gasteiger partial charge on any atom is -0.399 e. The minimum atomic E-state index is -0.373. The number of benzene rings is 12. The van der Waals surface area contributed by atoms with Crippen molar-refractivity contribution < 1.29 is 9.31 Å². The van der Waals surface area contributed by atoms with E-state index in [1.807, 2.05) is 6.07 Å². The van der Waals surface area contributed by atoms with Crippen LogP contribution in [0.5, 0.6) is 0 Å². The molecule has 2 aliphatic carbocycles. The van der Waals surface area contributed by atoms with E-state index < -0.39 is 0 Å². The van der Waals surface area contributed by atoms with Crippen LogP contribution in [-0.4, -0.2) is 27.5 Å². The third-order valence-electron chi connectivity index (χ3n) is 18.3. The van der Waals surface area contributed by atoms with E-state index >= 15 is 0 Å². The van der Waals surface area contributed by atoms with Crippen molar-refractivity contribution in [2.45, 2.75) is 51.7 Å². The van der Waals surface area contributed by atoms with Gasteiger partial charge in [-0.2, -0.15) is 0 Å². The van der Waals surface area contributed by atoms with Crippen molar-refractivity contribution in [1.29, 1.82) is 0 Å². The fourth-order valence-corrected chi connectivity index (χ4v) is 13.5. The molecule has 14 aromatic rings. The second kappa shape index (κ2) is 21.6. The van der Waals surface area contributed by atoms with Crippen molar-refractivity contribution in [2.24, 2.45) is 0 Å². The molecule has 17 rings (SSSR count). The van der Waals surface area contributed by atoms with Gasteiger partial charge in [-0.05, 0) is 197 Å². The number of hydrogen-bond donors (Lipinski definition) is 0. The Balaban J connectivity index is 0.000000119. The van der Waals surface area contributed by atoms with Crippen LogP contribution in [0.15, 0.2) is 284 Å². The molecular weight excluding hydrogens is 1110 g/mol. The summed E-state index contributed by atoms with van der Waals surface area (Å²) in [6, 6.07) is 101. The SMILES string of the molecule is Brc1ccc2c(c1)-c1ccccc1C2.CC1(C)OB(c2ccc3c(c2)c2ccccc2n3-c2ccc(-c3ccccc3)cc2)OC1(C)C.c1ccc(-c2ccc(-n3c4ccccc4c4cc(-c5ccc6c(c5)-c5ccccc5C6)ccc43)cc2)cc1. The van der Waals surface area contributed by atoms with E-state index in [0.29, 0.717) is 0 Å². The zero-order valence-corrected chi connectivity index (χ0v) is 50.2. The number of halogens is 1. The summed E-state index contributed by atoms with van der Waals surface area (Å²) >= 11 is 3.52. The fourth-order valence-electron chi connectivity index (χ4n) is 13.1. The predicted octanol–water partition coefficient (Wildman–Crippen LogP) is 20.5. The fraction of sp³-hybridized carbons (Fsp3) is 0.100. The van der Waals surface area contributed by atoms with Gasteiger partial charge in [0.2, 0.25) is 0 Å². The highest BCUT2D eigenvalue weighted by atomic mass is 79.9. The van der Waals surface area contributed by atoms with E-state index in [1.54, 1.807) is 0 Å². The number of fused-ring (bicyclic) bond motifs is 12. The third kappa shape index (κ3) is 9.59. The van der Waals surface area contributed by atoms with Crippen molar-refractivity contribution in [1.82, 2.24) is 9.13 Å². The minimum absolute atomic E-state index is 0.360. The summed E-state index contributed by atoms with van der Waals surface area (Å²) < 4.78 is 18.5. The smallest absolute Gasteiger partial charge is 0.399 e. The van der Waals surface area contributed by atoms with Gasteiger partial charge in [-0.3, -0.25) is 0 Å². The first-order chi connectivity index (χ1) is 42.0. The summed E-state index contributed by atoms with van der Waals surface area (Å²) in [6.07, 6.45) is 2.11. The van der Waals surface area contributed by atoms with E-state index in [2.05, 4.69) is 326 Å². The quantitative estimate of drug-likeness (QED) is 0.155. The number of rotatable bonds is 6. The molecule has 414 valence electrons. The maximum Gasteiger partial charge on any atom is 0.494 e. The number of nitrogens with zero attached hydrogens (tertiary/aromatic N) is 2. The van der Waals surface area contributed by atoms with Gasteiger partial charge in [0, 0.05) is 37.4 Å². The lowest BCUT2D eigenvalue weighted by molar-refractivity contribution is 0.00578. The molecule has 0 N–H and O–H groups in total. The first kappa shape index (κ1) is 53.4. The Morgan fingerprint density at radius 1 is 0.314 bits per heavy atom. The van der Waals surface area contributed by atoms with Crippen LogP contribution in [0.4, 0.5) is 0 Å². The standard InChI is InChI=1S/C37H25N.C30H28BNO2.C13H9Br/c1-2-8-25(9-3-1)26-16-19-31(20-17-26)38-36-13-7-6-12-33(36)35-24-28(18-21-37(35)38)27-14-15-30-22-29-10-4-5-11-32(29)34(30)23-27;1-29(2)30(3,4)34-31(33-29)23-16-19-28-26(20-23)25-12-8-9-13-27(25)32(28)24-17-14-22(15-18-24)21-10-6-5-7-11-21;14-11-6-5-10-7-9-3-1-2-4-12(9)13(10)8-11/h1-21,23-24H,22H2;5-20H,1-4H3;1-6,8H,7H2. The Bertz CT molecular complexity index is 4870. The van der Waals surface area contributed by atoms with E-state index in [9.17, 15) is 0 Å². The van der Waals surface area contributed by atoms with Crippen molar-refractivity contribution in [3.8, 4) is 67.0 Å². The molecule has 0 radical (unpaired) electrons. The van der Waals surface area contributed by atoms with E-state index in [1.165, 1.54) is 127 Å². The first-order valence-corrected chi connectivity index (χ1v) is 30.6. The third-order valence-corrected chi connectivity index (χ3v) is 18.7. The van der Waals surface area contributed by atoms with Crippen molar-refractivity contribution in [3.63, 3.8) is 0 Å². The average Bonchev–Trinajstić information content (AvgIpc) is 1.72. The molecule has 0 unspecified atom stereocenters. The zero-order valence-electron chi connectivity index (χ0n) is 48.6. The van der Waals surface area contributed by atoms with Crippen molar-refractivity contribution in [2.75, 3.05) is 0 Å². The lowest BCUT2D eigenvalue weighted by atomic mass is 9.78. The number of para-hydroxylation sites is 2. The van der Waals surface area contributed by atoms with Gasteiger partial charge in [0.25, 0.3) is 0 Å². The van der Waals surface area contributed by atoms with Crippen LogP contribution in [0.3, 0.4) is 0 Å². The van der Waals surface area contributed by atoms with Gasteiger partial charge in [-0.15, -0.1) is 0 Å². The molecular formula is C80H62BBrN2O2. The van der Waals surface area contributed by atoms with Crippen LogP contribution in [0.1, 0.15) is 49.9 Å². The summed E-state index contributed by atoms with van der Waals surface area (Å²) in [5.41, 5.74) is 26.2. The molecule has 1 fully saturated rings. The predicted molar refractivity (Wildman–Crippen MR) is 364 cm³/mol. The topological polar surface area (TPSA) is 28.3 Å². The molecule has 1 saturated heterocycles. The van der Waals surface area contributed by atoms with E-state index in [-0.39, 0.29) is 18.3 Å². The highest BCUT2D eigenvalue weighted by Crippen LogP contribution is 2.43. The van der Waals surface area contributed by atoms with Gasteiger partial charge < -0.3 is 18.4 Å². The first-order valence-electron chi connectivity index (χ1n) is 29.8. The van der Waals surface area contributed by atoms with Crippen LogP contribution >= 0.6 is 15.9 Å². The number of aromatic nitrogens is 2. The largest absolute Gasteiger partial charge is 0.494 e. The molecule has 3 aliphatic rings. The molecule has 0 atom stereocenters. The molecule has 86 heavy (non-hydrogen) atoms. The van der Waals surface area contributed by atoms with Gasteiger partial charge >= 0.3 is 7.12 Å². The van der Waals surface area contributed by atoms with Gasteiger partial charge in [-0.1, -0.05) is 222 Å². The molecule has 1 aliphatic heterocycles. The van der Waals surface area contributed by atoms with Crippen LogP contribution in [-0.2, 0) is 22.2 Å². The normalized spacial score (nSPS) is 14.1. The van der Waals surface area contributed by atoms with Crippen LogP contribution < -0.4 is 5.46 Å². The van der Waals surface area contributed by atoms with Crippen LogP contribution in [0.2, 0.25) is 0 Å². The molecule has 0 saturated carbocycles. The summed E-state index contributed by atoms with van der Waals surface area (Å²) in [4.78, 5) is 0. The average molecular weight is 1170 g/mol. The number of hydrogen-bond acceptors (Lipinski definition) is 2. The Morgan fingerprint density at radius 2 is 0.698 bits per heavy atom. The second-order valence-electron chi connectivity index (χ2n) is 24.0. The molecule has 3 heterocycles. The monoisotopic (exact) mass is 1170 g/mol. The maximum absolute atomic E-state index is 6.33. The molecule has 0 bridgehead atoms. The lowest BCUT2D eigenvalue weighted by Gasteiger charge is -2.32. The van der Waals surface area contributed by atoms with Crippen molar-refractivity contribution in [3.05, 3.63) is 306 Å². The second-order valence-corrected chi connectivity index (χ2v) is 24.9. The van der Waals surface area contributed by atoms with E-state index in [4.69, 9.17) is 9.31 Å². The zero-order chi connectivity index (χ0) is 58.1. The molecule has 0 amide bonds. The van der Waals surface area contributed by atoms with E-state index in [0.717, 1.165) is 28.5 Å². The van der Waals surface area contributed by atoms with Gasteiger partial charge in [0.1, 0.15) is 0 Å². The summed E-state index contributed by atoms with van der Waals surface area (Å²) in [5, 5.41) is 4.99. The highest BCUT2D eigenvalue weighted by Gasteiger charge is 2.51. The van der Waals surface area contributed by atoms with Gasteiger partial charge in [0.05, 0.1) is 33.3 Å².